The van der Waals surface area contributed by atoms with Crippen molar-refractivity contribution in [3.05, 3.63) is 72.1 Å². The maximum Gasteiger partial charge on any atom is 0.338 e. The Morgan fingerprint density at radius 3 is 2.76 bits per heavy atom. The average Bonchev–Trinajstić information content (AvgIpc) is 2.75. The summed E-state index contributed by atoms with van der Waals surface area (Å²) in [5, 5.41) is 12.0. The third-order valence-electron chi connectivity index (χ3n) is 3.85. The van der Waals surface area contributed by atoms with Crippen molar-refractivity contribution in [3.8, 4) is 17.3 Å². The van der Waals surface area contributed by atoms with E-state index in [0.717, 1.165) is 5.56 Å². The van der Waals surface area contributed by atoms with E-state index in [1.54, 1.807) is 55.6 Å². The number of carbonyl (C=O) groups excluding carboxylic acids is 1. The van der Waals surface area contributed by atoms with Gasteiger partial charge in [-0.15, -0.1) is 0 Å². The Labute approximate surface area is 167 Å². The molecule has 0 saturated carbocycles. The largest absolute Gasteiger partial charge is 0.462 e. The first-order valence-corrected chi connectivity index (χ1v) is 8.80. The maximum atomic E-state index is 11.9. The number of nitrogens with one attached hydrogen (secondary N) is 1. The van der Waals surface area contributed by atoms with Crippen LogP contribution in [0.3, 0.4) is 0 Å². The quantitative estimate of drug-likeness (QED) is 0.391. The number of nitriles is 1. The standard InChI is InChI=1S/C21H18N6O2/c1-2-29-20(28)15-8-5-7-14(10-15)18-12-25-19(13-24-18)27-21(23)26-17-9-4-3-6-16(17)11-22/h3-10,12-13H,2H2,1H3,(H3,23,25,26,27). The molecule has 0 aliphatic carbocycles. The SMILES string of the molecule is CCOC(=O)c1cccc(-c2cnc(N=C(N)Nc3ccccc3C#N)cn2)c1. The minimum atomic E-state index is -0.389. The predicted octanol–water partition coefficient (Wildman–Crippen LogP) is 3.25. The monoisotopic (exact) mass is 386 g/mol. The minimum absolute atomic E-state index is 0.0825. The Kier molecular flexibility index (Phi) is 6.12. The van der Waals surface area contributed by atoms with Gasteiger partial charge >= 0.3 is 5.97 Å². The summed E-state index contributed by atoms with van der Waals surface area (Å²) in [5.41, 5.74) is 8.66. The summed E-state index contributed by atoms with van der Waals surface area (Å²) < 4.78 is 5.01. The fraction of sp³-hybridized carbons (Fsp3) is 0.0952. The average molecular weight is 386 g/mol. The van der Waals surface area contributed by atoms with Gasteiger partial charge in [0.1, 0.15) is 6.07 Å². The van der Waals surface area contributed by atoms with E-state index in [2.05, 4.69) is 26.3 Å². The number of esters is 1. The molecule has 2 aromatic carbocycles. The molecule has 144 valence electrons. The number of hydrogen-bond donors (Lipinski definition) is 2. The first kappa shape index (κ1) is 19.5. The zero-order valence-corrected chi connectivity index (χ0v) is 15.7. The third kappa shape index (κ3) is 4.93. The third-order valence-corrected chi connectivity index (χ3v) is 3.85. The Morgan fingerprint density at radius 1 is 1.21 bits per heavy atom. The molecule has 0 aliphatic heterocycles. The fourth-order valence-electron chi connectivity index (χ4n) is 2.53. The number of aliphatic imine (C=N–C) groups is 1. The molecule has 0 saturated heterocycles. The Hall–Kier alpha value is -4.25. The molecule has 3 N–H and O–H groups in total. The van der Waals surface area contributed by atoms with Crippen LogP contribution in [0.15, 0.2) is 65.9 Å². The lowest BCUT2D eigenvalue weighted by molar-refractivity contribution is 0.0526. The van der Waals surface area contributed by atoms with Gasteiger partial charge in [0.15, 0.2) is 11.8 Å². The van der Waals surface area contributed by atoms with Crippen LogP contribution in [0.5, 0.6) is 0 Å². The van der Waals surface area contributed by atoms with Gasteiger partial charge in [-0.1, -0.05) is 24.3 Å². The second-order valence-electron chi connectivity index (χ2n) is 5.84. The molecule has 0 aliphatic rings. The van der Waals surface area contributed by atoms with E-state index in [4.69, 9.17) is 15.7 Å². The highest BCUT2D eigenvalue weighted by atomic mass is 16.5. The van der Waals surface area contributed by atoms with E-state index in [1.165, 1.54) is 6.20 Å². The highest BCUT2D eigenvalue weighted by Crippen LogP contribution is 2.20. The zero-order chi connectivity index (χ0) is 20.6. The topological polar surface area (TPSA) is 126 Å². The fourth-order valence-corrected chi connectivity index (χ4v) is 2.53. The molecule has 3 aromatic rings. The Bertz CT molecular complexity index is 1090. The van der Waals surface area contributed by atoms with Crippen LogP contribution in [0.2, 0.25) is 0 Å². The molecule has 0 fully saturated rings. The molecule has 8 heteroatoms. The molecule has 0 spiro atoms. The Morgan fingerprint density at radius 2 is 2.03 bits per heavy atom. The van der Waals surface area contributed by atoms with E-state index in [9.17, 15) is 4.79 Å². The highest BCUT2D eigenvalue weighted by Gasteiger charge is 2.09. The van der Waals surface area contributed by atoms with Crippen LogP contribution in [0.4, 0.5) is 11.5 Å². The molecule has 0 amide bonds. The number of para-hydroxylation sites is 1. The van der Waals surface area contributed by atoms with Crippen LogP contribution in [0.1, 0.15) is 22.8 Å². The summed E-state index contributed by atoms with van der Waals surface area (Å²) in [6.07, 6.45) is 3.01. The molecule has 0 radical (unpaired) electrons. The molecule has 0 atom stereocenters. The van der Waals surface area contributed by atoms with Gasteiger partial charge in [0.2, 0.25) is 0 Å². The lowest BCUT2D eigenvalue weighted by atomic mass is 10.1. The van der Waals surface area contributed by atoms with Crippen molar-refractivity contribution in [2.45, 2.75) is 6.92 Å². The van der Waals surface area contributed by atoms with Gasteiger partial charge in [0.25, 0.3) is 0 Å². The van der Waals surface area contributed by atoms with E-state index in [0.29, 0.717) is 34.9 Å². The van der Waals surface area contributed by atoms with Crippen LogP contribution in [0, 0.1) is 11.3 Å². The van der Waals surface area contributed by atoms with Gasteiger partial charge in [0.05, 0.1) is 41.5 Å². The van der Waals surface area contributed by atoms with E-state index >= 15 is 0 Å². The number of anilines is 1. The lowest BCUT2D eigenvalue weighted by Gasteiger charge is -2.07. The van der Waals surface area contributed by atoms with Gasteiger partial charge in [0, 0.05) is 5.56 Å². The van der Waals surface area contributed by atoms with E-state index in [-0.39, 0.29) is 11.9 Å². The number of rotatable bonds is 5. The maximum absolute atomic E-state index is 11.9. The number of guanidine groups is 1. The molecule has 1 aromatic heterocycles. The van der Waals surface area contributed by atoms with Crippen molar-refractivity contribution >= 4 is 23.4 Å². The number of nitrogens with zero attached hydrogens (tertiary/aromatic N) is 4. The van der Waals surface area contributed by atoms with Gasteiger partial charge < -0.3 is 15.8 Å². The lowest BCUT2D eigenvalue weighted by Crippen LogP contribution is -2.22. The summed E-state index contributed by atoms with van der Waals surface area (Å²) >= 11 is 0. The molecule has 3 rings (SSSR count). The van der Waals surface area contributed by atoms with Crippen molar-refractivity contribution < 1.29 is 9.53 Å². The summed E-state index contributed by atoms with van der Waals surface area (Å²) in [5.74, 6) is -0.00572. The number of carbonyl (C=O) groups is 1. The summed E-state index contributed by atoms with van der Waals surface area (Å²) in [4.78, 5) is 24.6. The number of ether oxygens (including phenoxy) is 1. The number of nitrogens with two attached hydrogens (primary N) is 1. The summed E-state index contributed by atoms with van der Waals surface area (Å²) in [6.45, 7) is 2.07. The van der Waals surface area contributed by atoms with Crippen molar-refractivity contribution in [2.75, 3.05) is 11.9 Å². The van der Waals surface area contributed by atoms with Gasteiger partial charge in [-0.2, -0.15) is 10.3 Å². The molecular formula is C21H18N6O2. The Balaban J connectivity index is 1.77. The summed E-state index contributed by atoms with van der Waals surface area (Å²) in [6, 6.07) is 16.0. The van der Waals surface area contributed by atoms with Crippen LogP contribution >= 0.6 is 0 Å². The van der Waals surface area contributed by atoms with Crippen LogP contribution in [0.25, 0.3) is 11.3 Å². The van der Waals surface area contributed by atoms with Crippen molar-refractivity contribution in [3.63, 3.8) is 0 Å². The summed E-state index contributed by atoms with van der Waals surface area (Å²) in [7, 11) is 0. The first-order valence-electron chi connectivity index (χ1n) is 8.80. The van der Waals surface area contributed by atoms with Crippen LogP contribution < -0.4 is 11.1 Å². The van der Waals surface area contributed by atoms with Crippen molar-refractivity contribution in [2.24, 2.45) is 10.7 Å². The molecule has 0 bridgehead atoms. The minimum Gasteiger partial charge on any atom is -0.462 e. The highest BCUT2D eigenvalue weighted by molar-refractivity contribution is 5.95. The predicted molar refractivity (Wildman–Crippen MR) is 109 cm³/mol. The normalized spacial score (nSPS) is 10.8. The van der Waals surface area contributed by atoms with Gasteiger partial charge in [-0.05, 0) is 31.2 Å². The number of hydrogen-bond acceptors (Lipinski definition) is 6. The molecule has 1 heterocycles. The van der Waals surface area contributed by atoms with Crippen LogP contribution in [-0.2, 0) is 4.74 Å². The van der Waals surface area contributed by atoms with E-state index in [1.807, 2.05) is 6.07 Å². The second kappa shape index (κ2) is 9.10. The number of aromatic nitrogens is 2. The van der Waals surface area contributed by atoms with E-state index < -0.39 is 0 Å². The number of benzene rings is 2. The van der Waals surface area contributed by atoms with Crippen molar-refractivity contribution in [1.82, 2.24) is 9.97 Å². The van der Waals surface area contributed by atoms with Gasteiger partial charge in [-0.3, -0.25) is 4.98 Å². The van der Waals surface area contributed by atoms with Gasteiger partial charge in [-0.25, -0.2) is 9.78 Å². The molecule has 0 unspecified atom stereocenters. The first-order chi connectivity index (χ1) is 14.1. The zero-order valence-electron chi connectivity index (χ0n) is 15.7. The van der Waals surface area contributed by atoms with Crippen molar-refractivity contribution in [1.29, 1.82) is 5.26 Å². The molecule has 29 heavy (non-hydrogen) atoms. The van der Waals surface area contributed by atoms with Crippen LogP contribution in [-0.4, -0.2) is 28.5 Å². The second-order valence-corrected chi connectivity index (χ2v) is 5.84. The molecular weight excluding hydrogens is 368 g/mol. The smallest absolute Gasteiger partial charge is 0.338 e. The molecule has 8 nitrogen and oxygen atoms in total.